The number of aryl methyl sites for hydroxylation is 1. The van der Waals surface area contributed by atoms with E-state index < -0.39 is 0 Å². The number of benzene rings is 1. The zero-order valence-corrected chi connectivity index (χ0v) is 8.20. The molecule has 1 N–H and O–H groups in total. The molecule has 1 aromatic rings. The van der Waals surface area contributed by atoms with Crippen molar-refractivity contribution in [2.75, 3.05) is 18.1 Å². The molecule has 0 fully saturated rings. The number of aliphatic hydroxyl groups excluding tert-OH is 1. The van der Waals surface area contributed by atoms with Gasteiger partial charge in [-0.05, 0) is 30.8 Å². The van der Waals surface area contributed by atoms with Crippen LogP contribution in [0.2, 0.25) is 0 Å². The van der Waals surface area contributed by atoms with Gasteiger partial charge in [-0.25, -0.2) is 4.39 Å². The predicted octanol–water partition coefficient (Wildman–Crippen LogP) is 2.08. The Morgan fingerprint density at radius 3 is 2.79 bits per heavy atom. The van der Waals surface area contributed by atoms with Gasteiger partial charge in [0.25, 0.3) is 0 Å². The van der Waals surface area contributed by atoms with Gasteiger partial charge >= 0.3 is 0 Å². The number of hydrogen-bond donors (Lipinski definition) is 1. The van der Waals surface area contributed by atoms with Gasteiger partial charge in [0.2, 0.25) is 0 Å². The molecule has 1 aromatic carbocycles. The lowest BCUT2D eigenvalue weighted by Crippen LogP contribution is -2.19. The first kappa shape index (κ1) is 10.7. The van der Waals surface area contributed by atoms with E-state index in [0.29, 0.717) is 17.8 Å². The molecule has 0 atom stereocenters. The molecule has 76 valence electrons. The van der Waals surface area contributed by atoms with Crippen LogP contribution >= 0.6 is 0 Å². The van der Waals surface area contributed by atoms with Crippen LogP contribution in [0.3, 0.4) is 0 Å². The highest BCUT2D eigenvalue weighted by Gasteiger charge is 2.04. The van der Waals surface area contributed by atoms with Gasteiger partial charge < -0.3 is 10.0 Å². The highest BCUT2D eigenvalue weighted by molar-refractivity contribution is 5.50. The van der Waals surface area contributed by atoms with Crippen LogP contribution in [-0.4, -0.2) is 18.3 Å². The Labute approximate surface area is 83.3 Å². The molecule has 0 aliphatic carbocycles. The lowest BCUT2D eigenvalue weighted by molar-refractivity contribution is 0.305. The summed E-state index contributed by atoms with van der Waals surface area (Å²) in [6.07, 6.45) is 1.57. The first-order valence-corrected chi connectivity index (χ1v) is 4.45. The second-order valence-corrected chi connectivity index (χ2v) is 3.03. The van der Waals surface area contributed by atoms with E-state index in [1.807, 2.05) is 0 Å². The van der Waals surface area contributed by atoms with Gasteiger partial charge in [-0.2, -0.15) is 0 Å². The second-order valence-electron chi connectivity index (χ2n) is 3.03. The summed E-state index contributed by atoms with van der Waals surface area (Å²) in [5.41, 5.74) is 1.32. The van der Waals surface area contributed by atoms with Crippen LogP contribution < -0.4 is 4.90 Å². The first-order valence-electron chi connectivity index (χ1n) is 4.45. The molecule has 0 amide bonds. The monoisotopic (exact) mass is 195 g/mol. The van der Waals surface area contributed by atoms with Gasteiger partial charge in [0, 0.05) is 12.2 Å². The molecular weight excluding hydrogens is 181 g/mol. The Morgan fingerprint density at radius 2 is 2.29 bits per heavy atom. The molecule has 0 aliphatic heterocycles. The summed E-state index contributed by atoms with van der Waals surface area (Å²) in [6.45, 7) is 5.75. The van der Waals surface area contributed by atoms with Crippen molar-refractivity contribution < 1.29 is 9.50 Å². The van der Waals surface area contributed by atoms with Crippen molar-refractivity contribution in [3.05, 3.63) is 42.4 Å². The molecule has 0 aromatic heterocycles. The predicted molar refractivity (Wildman–Crippen MR) is 55.8 cm³/mol. The zero-order valence-electron chi connectivity index (χ0n) is 8.20. The minimum atomic E-state index is -0.243. The van der Waals surface area contributed by atoms with Crippen molar-refractivity contribution in [3.63, 3.8) is 0 Å². The molecule has 3 heteroatoms. The fourth-order valence-electron chi connectivity index (χ4n) is 1.19. The van der Waals surface area contributed by atoms with Crippen LogP contribution in [0.5, 0.6) is 0 Å². The molecule has 14 heavy (non-hydrogen) atoms. The minimum Gasteiger partial charge on any atom is -0.395 e. The maximum atomic E-state index is 13.2. The lowest BCUT2D eigenvalue weighted by atomic mass is 10.2. The summed E-state index contributed by atoms with van der Waals surface area (Å²) < 4.78 is 13.2. The maximum Gasteiger partial charge on any atom is 0.128 e. The van der Waals surface area contributed by atoms with Crippen molar-refractivity contribution in [1.82, 2.24) is 0 Å². The van der Waals surface area contributed by atoms with Crippen LogP contribution in [0.1, 0.15) is 5.56 Å². The molecule has 0 radical (unpaired) electrons. The number of rotatable bonds is 4. The molecule has 0 unspecified atom stereocenters. The van der Waals surface area contributed by atoms with Gasteiger partial charge in [-0.15, -0.1) is 0 Å². The summed E-state index contributed by atoms with van der Waals surface area (Å²) in [5, 5.41) is 8.77. The van der Waals surface area contributed by atoms with E-state index in [9.17, 15) is 4.39 Å². The van der Waals surface area contributed by atoms with Gasteiger partial charge in [0.05, 0.1) is 6.61 Å². The van der Waals surface area contributed by atoms with E-state index in [1.54, 1.807) is 30.2 Å². The van der Waals surface area contributed by atoms with Crippen LogP contribution in [-0.2, 0) is 0 Å². The number of nitrogens with zero attached hydrogens (tertiary/aromatic N) is 1. The average molecular weight is 195 g/mol. The Balaban J connectivity index is 2.93. The highest BCUT2D eigenvalue weighted by atomic mass is 19.1. The van der Waals surface area contributed by atoms with Crippen molar-refractivity contribution >= 4 is 5.69 Å². The third-order valence-corrected chi connectivity index (χ3v) is 2.05. The standard InChI is InChI=1S/C11H14FNO/c1-3-13(6-7-14)10-5-4-9(2)11(12)8-10/h3-5,8,14H,1,6-7H2,2H3. The average Bonchev–Trinajstić information content (AvgIpc) is 2.19. The number of halogens is 1. The largest absolute Gasteiger partial charge is 0.395 e. The molecule has 2 nitrogen and oxygen atoms in total. The molecule has 0 bridgehead atoms. The van der Waals surface area contributed by atoms with Gasteiger partial charge in [-0.1, -0.05) is 12.6 Å². The molecule has 0 spiro atoms. The van der Waals surface area contributed by atoms with Crippen molar-refractivity contribution in [3.8, 4) is 0 Å². The van der Waals surface area contributed by atoms with E-state index in [4.69, 9.17) is 5.11 Å². The van der Waals surface area contributed by atoms with Gasteiger partial charge in [-0.3, -0.25) is 0 Å². The van der Waals surface area contributed by atoms with E-state index in [0.717, 1.165) is 0 Å². The SMILES string of the molecule is C=CN(CCO)c1ccc(C)c(F)c1. The summed E-state index contributed by atoms with van der Waals surface area (Å²) in [7, 11) is 0. The Morgan fingerprint density at radius 1 is 1.57 bits per heavy atom. The van der Waals surface area contributed by atoms with Crippen molar-refractivity contribution in [2.24, 2.45) is 0 Å². The quantitative estimate of drug-likeness (QED) is 0.795. The minimum absolute atomic E-state index is 0.0154. The van der Waals surface area contributed by atoms with Crippen molar-refractivity contribution in [1.29, 1.82) is 0 Å². The third-order valence-electron chi connectivity index (χ3n) is 2.05. The Kier molecular flexibility index (Phi) is 3.65. The molecule has 0 saturated heterocycles. The number of anilines is 1. The fourth-order valence-corrected chi connectivity index (χ4v) is 1.19. The van der Waals surface area contributed by atoms with E-state index >= 15 is 0 Å². The second kappa shape index (κ2) is 4.77. The van der Waals surface area contributed by atoms with Crippen molar-refractivity contribution in [2.45, 2.75) is 6.92 Å². The number of hydrogen-bond acceptors (Lipinski definition) is 2. The Hall–Kier alpha value is -1.35. The summed E-state index contributed by atoms with van der Waals surface area (Å²) in [4.78, 5) is 1.70. The fraction of sp³-hybridized carbons (Fsp3) is 0.273. The smallest absolute Gasteiger partial charge is 0.128 e. The Bertz CT molecular complexity index is 325. The highest BCUT2D eigenvalue weighted by Crippen LogP contribution is 2.17. The summed E-state index contributed by atoms with van der Waals surface area (Å²) in [6, 6.07) is 4.95. The van der Waals surface area contributed by atoms with Crippen LogP contribution in [0.15, 0.2) is 31.0 Å². The zero-order chi connectivity index (χ0) is 10.6. The summed E-state index contributed by atoms with van der Waals surface area (Å²) in [5.74, 6) is -0.243. The maximum absolute atomic E-state index is 13.2. The molecule has 0 aliphatic rings. The van der Waals surface area contributed by atoms with E-state index in [-0.39, 0.29) is 12.4 Å². The van der Waals surface area contributed by atoms with Gasteiger partial charge in [0.1, 0.15) is 5.82 Å². The van der Waals surface area contributed by atoms with Crippen LogP contribution in [0.4, 0.5) is 10.1 Å². The molecular formula is C11H14FNO. The normalized spacial score (nSPS) is 9.93. The molecule has 0 saturated carbocycles. The molecule has 1 rings (SSSR count). The third kappa shape index (κ3) is 2.33. The van der Waals surface area contributed by atoms with E-state index in [1.165, 1.54) is 6.07 Å². The first-order chi connectivity index (χ1) is 6.69. The van der Waals surface area contributed by atoms with Crippen LogP contribution in [0, 0.1) is 12.7 Å². The van der Waals surface area contributed by atoms with E-state index in [2.05, 4.69) is 6.58 Å². The van der Waals surface area contributed by atoms with Crippen LogP contribution in [0.25, 0.3) is 0 Å². The van der Waals surface area contributed by atoms with Gasteiger partial charge in [0.15, 0.2) is 0 Å². The number of aliphatic hydroxyl groups is 1. The topological polar surface area (TPSA) is 23.5 Å². The lowest BCUT2D eigenvalue weighted by Gasteiger charge is -2.19. The summed E-state index contributed by atoms with van der Waals surface area (Å²) >= 11 is 0. The molecule has 0 heterocycles.